The van der Waals surface area contributed by atoms with Crippen molar-refractivity contribution in [2.45, 2.75) is 0 Å². The van der Waals surface area contributed by atoms with E-state index >= 15 is 0 Å². The maximum Gasteiger partial charge on any atom is 0.204 e. The molecule has 0 unspecified atom stereocenters. The van der Waals surface area contributed by atoms with Crippen LogP contribution < -0.4 is 20.7 Å². The molecule has 128 valence electrons. The van der Waals surface area contributed by atoms with Gasteiger partial charge in [0.15, 0.2) is 17.4 Å². The highest BCUT2D eigenvalue weighted by molar-refractivity contribution is 7.79. The molecule has 3 rings (SSSR count). The van der Waals surface area contributed by atoms with E-state index in [2.05, 4.69) is 4.74 Å². The molecule has 3 aromatic rings. The van der Waals surface area contributed by atoms with Crippen LogP contribution in [0.4, 0.5) is 17.6 Å². The smallest absolute Gasteiger partial charge is 0.204 e. The second-order valence-electron chi connectivity index (χ2n) is 5.14. The molecule has 0 aromatic heterocycles. The number of ether oxygens (including phenoxy) is 1. The van der Waals surface area contributed by atoms with Crippen molar-refractivity contribution in [3.8, 4) is 5.75 Å². The van der Waals surface area contributed by atoms with Crippen LogP contribution in [0.1, 0.15) is 0 Å². The first kappa shape index (κ1) is 17.4. The monoisotopic (exact) mass is 364 g/mol. The lowest BCUT2D eigenvalue weighted by Gasteiger charge is -2.21. The number of halogens is 4. The van der Waals surface area contributed by atoms with E-state index in [0.29, 0.717) is 10.6 Å². The van der Waals surface area contributed by atoms with E-state index in [-0.39, 0.29) is 0 Å². The van der Waals surface area contributed by atoms with Gasteiger partial charge >= 0.3 is 0 Å². The number of benzene rings is 3. The molecule has 0 spiro atoms. The van der Waals surface area contributed by atoms with Crippen molar-refractivity contribution < 1.29 is 22.3 Å². The third-order valence-corrected chi connectivity index (χ3v) is 6.13. The molecule has 0 aliphatic heterocycles. The molecule has 6 heteroatoms. The summed E-state index contributed by atoms with van der Waals surface area (Å²) in [5.74, 6) is -6.99. The van der Waals surface area contributed by atoms with E-state index in [4.69, 9.17) is 0 Å². The molecule has 0 aliphatic rings. The van der Waals surface area contributed by atoms with Gasteiger partial charge in [0.25, 0.3) is 0 Å². The molecule has 0 heterocycles. The largest absolute Gasteiger partial charge is 0.491 e. The van der Waals surface area contributed by atoms with E-state index in [1.807, 2.05) is 0 Å². The van der Waals surface area contributed by atoms with E-state index < -0.39 is 42.2 Å². The zero-order chi connectivity index (χ0) is 18.0. The molecule has 25 heavy (non-hydrogen) atoms. The van der Waals surface area contributed by atoms with Crippen LogP contribution in [0.15, 0.2) is 60.7 Å². The summed E-state index contributed by atoms with van der Waals surface area (Å²) in [5.41, 5.74) is 0. The van der Waals surface area contributed by atoms with Crippen molar-refractivity contribution in [3.63, 3.8) is 0 Å². The topological polar surface area (TPSA) is 9.23 Å². The summed E-state index contributed by atoms with van der Waals surface area (Å²) in [5, 5.41) is 0.527. The van der Waals surface area contributed by atoms with E-state index in [9.17, 15) is 17.6 Å². The summed E-state index contributed by atoms with van der Waals surface area (Å²) in [6.07, 6.45) is 0. The van der Waals surface area contributed by atoms with Crippen molar-refractivity contribution in [2.75, 3.05) is 7.11 Å². The number of methoxy groups -OCH3 is 1. The quantitative estimate of drug-likeness (QED) is 0.386. The van der Waals surface area contributed by atoms with Crippen LogP contribution in [-0.4, -0.2) is 7.11 Å². The van der Waals surface area contributed by atoms with Crippen molar-refractivity contribution in [2.24, 2.45) is 0 Å². The Labute approximate surface area is 143 Å². The van der Waals surface area contributed by atoms with Gasteiger partial charge in [0, 0.05) is 0 Å². The minimum absolute atomic E-state index is 0.575. The number of hydrogen-bond donors (Lipinski definition) is 0. The summed E-state index contributed by atoms with van der Waals surface area (Å²) in [6.45, 7) is 0. The van der Waals surface area contributed by atoms with E-state index in [0.717, 1.165) is 7.11 Å². The lowest BCUT2D eigenvalue weighted by molar-refractivity contribution is 0.335. The van der Waals surface area contributed by atoms with Gasteiger partial charge < -0.3 is 4.74 Å². The first-order chi connectivity index (χ1) is 12.1. The maximum absolute atomic E-state index is 14.7. The first-order valence-electron chi connectivity index (χ1n) is 7.36. The highest BCUT2D eigenvalue weighted by Crippen LogP contribution is 2.38. The van der Waals surface area contributed by atoms with E-state index in [1.54, 1.807) is 60.7 Å². The molecule has 0 saturated carbocycles. The standard InChI is InChI=1S/C19H13F4OP/c1-24-18-14(20)16(22)19(17(23)15(18)21)25(12-8-4-2-5-9-12)13-10-6-3-7-11-13/h2-11H,1H3. The molecular weight excluding hydrogens is 351 g/mol. The molecule has 3 aromatic carbocycles. The first-order valence-corrected chi connectivity index (χ1v) is 8.70. The molecule has 0 fully saturated rings. The predicted molar refractivity (Wildman–Crippen MR) is 91.5 cm³/mol. The van der Waals surface area contributed by atoms with Crippen LogP contribution in [0.3, 0.4) is 0 Å². The minimum atomic E-state index is -1.82. The third kappa shape index (κ3) is 3.12. The van der Waals surface area contributed by atoms with Crippen LogP contribution in [0.25, 0.3) is 0 Å². The van der Waals surface area contributed by atoms with Crippen LogP contribution in [0.2, 0.25) is 0 Å². The molecule has 0 saturated heterocycles. The van der Waals surface area contributed by atoms with Gasteiger partial charge in [-0.25, -0.2) is 8.78 Å². The average Bonchev–Trinajstić information content (AvgIpc) is 2.65. The van der Waals surface area contributed by atoms with Crippen LogP contribution in [0, 0.1) is 23.3 Å². The second-order valence-corrected chi connectivity index (χ2v) is 7.30. The lowest BCUT2D eigenvalue weighted by atomic mass is 10.3. The molecule has 0 aliphatic carbocycles. The second kappa shape index (κ2) is 7.24. The Balaban J connectivity index is 2.32. The third-order valence-electron chi connectivity index (χ3n) is 3.66. The summed E-state index contributed by atoms with van der Waals surface area (Å²) in [7, 11) is -0.867. The fourth-order valence-electron chi connectivity index (χ4n) is 2.54. The van der Waals surface area contributed by atoms with Gasteiger partial charge in [-0.05, 0) is 18.5 Å². The summed E-state index contributed by atoms with van der Waals surface area (Å²) >= 11 is 0. The zero-order valence-electron chi connectivity index (χ0n) is 13.1. The molecule has 0 bridgehead atoms. The summed E-state index contributed by atoms with van der Waals surface area (Å²) in [4.78, 5) is 0. The molecule has 0 amide bonds. The molecular formula is C19H13F4OP. The number of hydrogen-bond acceptors (Lipinski definition) is 1. The highest BCUT2D eigenvalue weighted by atomic mass is 31.1. The van der Waals surface area contributed by atoms with Crippen LogP contribution in [-0.2, 0) is 0 Å². The Morgan fingerprint density at radius 3 is 1.40 bits per heavy atom. The van der Waals surface area contributed by atoms with Crippen molar-refractivity contribution in [1.29, 1.82) is 0 Å². The predicted octanol–water partition coefficient (Wildman–Crippen LogP) is 4.01. The maximum atomic E-state index is 14.7. The zero-order valence-corrected chi connectivity index (χ0v) is 14.0. The minimum Gasteiger partial charge on any atom is -0.491 e. The van der Waals surface area contributed by atoms with Gasteiger partial charge in [-0.2, -0.15) is 8.78 Å². The Bertz CT molecular complexity index is 816. The van der Waals surface area contributed by atoms with E-state index in [1.165, 1.54) is 0 Å². The average molecular weight is 364 g/mol. The number of rotatable bonds is 4. The van der Waals surface area contributed by atoms with Crippen molar-refractivity contribution in [3.05, 3.63) is 83.9 Å². The lowest BCUT2D eigenvalue weighted by Crippen LogP contribution is -2.28. The molecule has 0 radical (unpaired) electrons. The van der Waals surface area contributed by atoms with Crippen molar-refractivity contribution in [1.82, 2.24) is 0 Å². The molecule has 0 N–H and O–H groups in total. The van der Waals surface area contributed by atoms with Crippen LogP contribution in [0.5, 0.6) is 5.75 Å². The fourth-order valence-corrected chi connectivity index (χ4v) is 4.88. The Kier molecular flexibility index (Phi) is 5.05. The highest BCUT2D eigenvalue weighted by Gasteiger charge is 2.32. The fraction of sp³-hybridized carbons (Fsp3) is 0.0526. The molecule has 1 nitrogen and oxygen atoms in total. The Morgan fingerprint density at radius 1 is 0.640 bits per heavy atom. The van der Waals surface area contributed by atoms with Gasteiger partial charge in [0.2, 0.25) is 11.6 Å². The molecule has 0 atom stereocenters. The Hall–Kier alpha value is -2.39. The van der Waals surface area contributed by atoms with Gasteiger partial charge in [0.1, 0.15) is 0 Å². The summed E-state index contributed by atoms with van der Waals surface area (Å²) < 4.78 is 62.2. The SMILES string of the molecule is COc1c(F)c(F)c(P(c2ccccc2)c2ccccc2)c(F)c1F. The van der Waals surface area contributed by atoms with Crippen molar-refractivity contribution >= 4 is 23.8 Å². The van der Waals surface area contributed by atoms with Gasteiger partial charge in [0.05, 0.1) is 12.4 Å². The Morgan fingerprint density at radius 2 is 1.04 bits per heavy atom. The summed E-state index contributed by atoms with van der Waals surface area (Å²) in [6, 6.07) is 17.1. The van der Waals surface area contributed by atoms with Crippen LogP contribution >= 0.6 is 7.92 Å². The normalized spacial score (nSPS) is 11.0. The van der Waals surface area contributed by atoms with Gasteiger partial charge in [-0.1, -0.05) is 60.7 Å². The van der Waals surface area contributed by atoms with Gasteiger partial charge in [-0.15, -0.1) is 0 Å². The van der Waals surface area contributed by atoms with Gasteiger partial charge in [-0.3, -0.25) is 0 Å².